The summed E-state index contributed by atoms with van der Waals surface area (Å²) in [7, 11) is 0. The van der Waals surface area contributed by atoms with Crippen molar-refractivity contribution in [3.8, 4) is 44.8 Å². The van der Waals surface area contributed by atoms with Gasteiger partial charge in [0.1, 0.15) is 0 Å². The van der Waals surface area contributed by atoms with Crippen molar-refractivity contribution in [2.24, 2.45) is 0 Å². The molecule has 0 amide bonds. The van der Waals surface area contributed by atoms with Gasteiger partial charge in [0, 0.05) is 50.0 Å². The van der Waals surface area contributed by atoms with Gasteiger partial charge in [0.25, 0.3) is 0 Å². The first-order valence-corrected chi connectivity index (χ1v) is 26.2. The Balaban J connectivity index is 0.825. The van der Waals surface area contributed by atoms with Crippen molar-refractivity contribution >= 4 is 60.7 Å². The molecule has 2 aromatic heterocycles. The van der Waals surface area contributed by atoms with Crippen molar-refractivity contribution < 1.29 is 0 Å². The first-order valence-electron chi connectivity index (χ1n) is 26.2. The Labute approximate surface area is 442 Å². The molecule has 14 aromatic rings. The van der Waals surface area contributed by atoms with Crippen LogP contribution in [-0.4, -0.2) is 9.13 Å². The van der Waals surface area contributed by atoms with E-state index in [1.165, 1.54) is 88.1 Å². The number of benzene rings is 12. The molecule has 0 saturated carbocycles. The van der Waals surface area contributed by atoms with Crippen LogP contribution in [0, 0.1) is 0 Å². The smallest absolute Gasteiger partial charge is 0.0713 e. The lowest BCUT2D eigenvalue weighted by molar-refractivity contribution is 0.768. The van der Waals surface area contributed by atoms with E-state index in [1.54, 1.807) is 0 Å². The summed E-state index contributed by atoms with van der Waals surface area (Å²) >= 11 is 0. The Bertz CT molecular complexity index is 4120. The molecule has 2 heterocycles. The predicted octanol–water partition coefficient (Wildman–Crippen LogP) is 19.0. The van der Waals surface area contributed by atoms with Crippen LogP contribution in [0.4, 0.5) is 17.1 Å². The van der Waals surface area contributed by atoms with Gasteiger partial charge < -0.3 is 14.0 Å². The van der Waals surface area contributed by atoms with E-state index in [2.05, 4.69) is 311 Å². The predicted molar refractivity (Wildman–Crippen MR) is 318 cm³/mol. The van der Waals surface area contributed by atoms with E-state index in [-0.39, 0.29) is 0 Å². The molecule has 0 spiro atoms. The van der Waals surface area contributed by atoms with Gasteiger partial charge in [-0.05, 0) is 141 Å². The quantitative estimate of drug-likeness (QED) is 0.140. The lowest BCUT2D eigenvalue weighted by Crippen LogP contribution is -2.28. The summed E-state index contributed by atoms with van der Waals surface area (Å²) in [5.41, 5.74) is 22.2. The molecular formula is C73H49N3. The SMILES string of the molecule is c1ccc(C2(c3ccccc3)c3ccccc3-c3cc(N(c4ccc(-c5ccc(-n6c7ccccc7c7ccccc76)cc5)cc4)c4ccc(-c5ccc(-n6c7ccccc7c7ccccc76)cc5)cc4)ccc32)cc1. The van der Waals surface area contributed by atoms with E-state index >= 15 is 0 Å². The minimum Gasteiger partial charge on any atom is -0.310 e. The van der Waals surface area contributed by atoms with Crippen molar-refractivity contribution in [1.82, 2.24) is 9.13 Å². The van der Waals surface area contributed by atoms with Gasteiger partial charge >= 0.3 is 0 Å². The second kappa shape index (κ2) is 17.6. The average molecular weight is 968 g/mol. The van der Waals surface area contributed by atoms with Crippen LogP contribution in [0.25, 0.3) is 88.4 Å². The van der Waals surface area contributed by atoms with Gasteiger partial charge in [-0.15, -0.1) is 0 Å². The monoisotopic (exact) mass is 967 g/mol. The molecule has 3 heteroatoms. The molecule has 0 N–H and O–H groups in total. The molecule has 0 fully saturated rings. The summed E-state index contributed by atoms with van der Waals surface area (Å²) in [6, 6.07) is 109. The molecule has 1 aliphatic rings. The minimum atomic E-state index is -0.477. The van der Waals surface area contributed by atoms with E-state index < -0.39 is 5.41 Å². The number of hydrogen-bond acceptors (Lipinski definition) is 1. The van der Waals surface area contributed by atoms with Crippen molar-refractivity contribution in [2.75, 3.05) is 4.90 Å². The Morgan fingerprint density at radius 2 is 0.579 bits per heavy atom. The van der Waals surface area contributed by atoms with Gasteiger partial charge in [-0.3, -0.25) is 0 Å². The van der Waals surface area contributed by atoms with Crippen LogP contribution in [-0.2, 0) is 5.41 Å². The molecule has 356 valence electrons. The van der Waals surface area contributed by atoms with Gasteiger partial charge in [0.15, 0.2) is 0 Å². The lowest BCUT2D eigenvalue weighted by atomic mass is 9.68. The van der Waals surface area contributed by atoms with Crippen LogP contribution in [0.3, 0.4) is 0 Å². The zero-order chi connectivity index (χ0) is 50.2. The highest BCUT2D eigenvalue weighted by Gasteiger charge is 2.46. The molecule has 0 bridgehead atoms. The van der Waals surface area contributed by atoms with Crippen molar-refractivity contribution in [2.45, 2.75) is 5.41 Å². The molecule has 12 aromatic carbocycles. The van der Waals surface area contributed by atoms with Gasteiger partial charge in [0.2, 0.25) is 0 Å². The van der Waals surface area contributed by atoms with Crippen LogP contribution in [0.2, 0.25) is 0 Å². The fraction of sp³-hybridized carbons (Fsp3) is 0.0137. The second-order valence-electron chi connectivity index (χ2n) is 20.0. The standard InChI is InChI=1S/C73H49N3/c1-3-17-54(18-4-1)73(55-19-5-2-6-20-55)67-26-12-7-21-61(67)66-49-60(47-48-68(66)73)74(56-39-31-50(32-40-56)52-35-43-58(44-36-52)75-69-27-13-8-22-62(69)63-23-9-14-28-70(63)75)57-41-33-51(34-42-57)53-37-45-59(46-38-53)76-71-29-15-10-24-64(71)65-25-11-16-30-72(65)76/h1-49H. The molecule has 0 radical (unpaired) electrons. The maximum Gasteiger partial charge on any atom is 0.0713 e. The van der Waals surface area contributed by atoms with E-state index in [0.717, 1.165) is 39.6 Å². The van der Waals surface area contributed by atoms with Crippen LogP contribution < -0.4 is 4.90 Å². The summed E-state index contributed by atoms with van der Waals surface area (Å²) in [4.78, 5) is 2.41. The molecule has 0 aliphatic heterocycles. The van der Waals surface area contributed by atoms with Crippen molar-refractivity contribution in [3.63, 3.8) is 0 Å². The minimum absolute atomic E-state index is 0.477. The number of aromatic nitrogens is 2. The van der Waals surface area contributed by atoms with Gasteiger partial charge in [0.05, 0.1) is 27.5 Å². The van der Waals surface area contributed by atoms with Crippen LogP contribution in [0.1, 0.15) is 22.3 Å². The summed E-state index contributed by atoms with van der Waals surface area (Å²) in [5, 5.41) is 5.06. The summed E-state index contributed by atoms with van der Waals surface area (Å²) in [5.74, 6) is 0. The van der Waals surface area contributed by atoms with E-state index in [0.29, 0.717) is 0 Å². The third kappa shape index (κ3) is 6.76. The zero-order valence-corrected chi connectivity index (χ0v) is 41.6. The number of fused-ring (bicyclic) bond motifs is 9. The third-order valence-corrected chi connectivity index (χ3v) is 16.0. The van der Waals surface area contributed by atoms with Gasteiger partial charge in [-0.1, -0.05) is 212 Å². The van der Waals surface area contributed by atoms with Crippen LogP contribution in [0.15, 0.2) is 297 Å². The average Bonchev–Trinajstić information content (AvgIpc) is 4.22. The highest BCUT2D eigenvalue weighted by molar-refractivity contribution is 6.10. The number of rotatable bonds is 9. The van der Waals surface area contributed by atoms with Gasteiger partial charge in [-0.2, -0.15) is 0 Å². The summed E-state index contributed by atoms with van der Waals surface area (Å²) in [6.45, 7) is 0. The molecular weight excluding hydrogens is 919 g/mol. The molecule has 1 aliphatic carbocycles. The number of para-hydroxylation sites is 4. The summed E-state index contributed by atoms with van der Waals surface area (Å²) in [6.07, 6.45) is 0. The maximum absolute atomic E-state index is 2.42. The molecule has 0 atom stereocenters. The lowest BCUT2D eigenvalue weighted by Gasteiger charge is -2.34. The summed E-state index contributed by atoms with van der Waals surface area (Å²) < 4.78 is 4.75. The highest BCUT2D eigenvalue weighted by Crippen LogP contribution is 2.57. The largest absolute Gasteiger partial charge is 0.310 e. The molecule has 15 rings (SSSR count). The van der Waals surface area contributed by atoms with Crippen LogP contribution in [0.5, 0.6) is 0 Å². The maximum atomic E-state index is 2.42. The molecule has 0 saturated heterocycles. The zero-order valence-electron chi connectivity index (χ0n) is 41.6. The molecule has 3 nitrogen and oxygen atoms in total. The van der Waals surface area contributed by atoms with Crippen molar-refractivity contribution in [1.29, 1.82) is 0 Å². The fourth-order valence-corrected chi connectivity index (χ4v) is 12.6. The van der Waals surface area contributed by atoms with Gasteiger partial charge in [-0.25, -0.2) is 0 Å². The highest BCUT2D eigenvalue weighted by atomic mass is 15.1. The fourth-order valence-electron chi connectivity index (χ4n) is 12.6. The molecule has 0 unspecified atom stereocenters. The Kier molecular flexibility index (Phi) is 10.1. The molecule has 76 heavy (non-hydrogen) atoms. The van der Waals surface area contributed by atoms with Crippen LogP contribution >= 0.6 is 0 Å². The first-order chi connectivity index (χ1) is 37.7. The van der Waals surface area contributed by atoms with Crippen molar-refractivity contribution in [3.05, 3.63) is 320 Å². The van der Waals surface area contributed by atoms with E-state index in [1.807, 2.05) is 0 Å². The van der Waals surface area contributed by atoms with E-state index in [4.69, 9.17) is 0 Å². The Morgan fingerprint density at radius 3 is 1.00 bits per heavy atom. The second-order valence-corrected chi connectivity index (χ2v) is 20.0. The number of nitrogens with zero attached hydrogens (tertiary/aromatic N) is 3. The topological polar surface area (TPSA) is 13.1 Å². The third-order valence-electron chi connectivity index (χ3n) is 16.0. The first kappa shape index (κ1) is 43.6. The Hall–Kier alpha value is -9.96. The normalized spacial score (nSPS) is 12.6. The Morgan fingerprint density at radius 1 is 0.250 bits per heavy atom. The number of hydrogen-bond donors (Lipinski definition) is 0. The number of anilines is 3. The van der Waals surface area contributed by atoms with E-state index in [9.17, 15) is 0 Å².